The summed E-state index contributed by atoms with van der Waals surface area (Å²) in [6.45, 7) is 6.25. The maximum atomic E-state index is 12.2. The number of rotatable bonds is 3. The summed E-state index contributed by atoms with van der Waals surface area (Å²) in [6.07, 6.45) is -0.722. The number of aryl methyl sites for hydroxylation is 2. The molecular formula is C17H18N4O3S. The number of thiazole rings is 1. The fraction of sp³-hybridized carbons (Fsp3) is 0.353. The summed E-state index contributed by atoms with van der Waals surface area (Å²) in [7, 11) is 0. The number of imidazole rings is 1. The van der Waals surface area contributed by atoms with Gasteiger partial charge in [0.25, 0.3) is 0 Å². The maximum absolute atomic E-state index is 12.2. The van der Waals surface area contributed by atoms with E-state index in [1.807, 2.05) is 25.1 Å². The average molecular weight is 358 g/mol. The Morgan fingerprint density at radius 2 is 2.24 bits per heavy atom. The van der Waals surface area contributed by atoms with Crippen LogP contribution in [0.3, 0.4) is 0 Å². The zero-order valence-electron chi connectivity index (χ0n) is 14.2. The van der Waals surface area contributed by atoms with Crippen LogP contribution in [0.2, 0.25) is 0 Å². The molecule has 0 aliphatic carbocycles. The standard InChI is InChI=1S/C17H18N4O3S/c1-9-10(2)21-14-5-4-12(6-15(14)25-16(21)19-9)20-8-13(24-17(20)23)7-18-11(3)22/h4-6,13H,7-8H2,1-3H3,(H,18,22)/t13-/m0/s1. The van der Waals surface area contributed by atoms with Crippen molar-refractivity contribution in [2.45, 2.75) is 26.9 Å². The predicted molar refractivity (Wildman–Crippen MR) is 96.3 cm³/mol. The molecule has 25 heavy (non-hydrogen) atoms. The first-order chi connectivity index (χ1) is 11.9. The molecule has 7 nitrogen and oxygen atoms in total. The summed E-state index contributed by atoms with van der Waals surface area (Å²) in [6, 6.07) is 5.92. The highest BCUT2D eigenvalue weighted by Crippen LogP contribution is 2.32. The first kappa shape index (κ1) is 15.9. The zero-order valence-corrected chi connectivity index (χ0v) is 15.0. The van der Waals surface area contributed by atoms with Gasteiger partial charge in [-0.1, -0.05) is 11.3 Å². The van der Waals surface area contributed by atoms with Crippen molar-refractivity contribution in [1.29, 1.82) is 0 Å². The quantitative estimate of drug-likeness (QED) is 0.781. The van der Waals surface area contributed by atoms with Gasteiger partial charge in [-0.2, -0.15) is 0 Å². The Morgan fingerprint density at radius 1 is 1.44 bits per heavy atom. The molecule has 0 spiro atoms. The van der Waals surface area contributed by atoms with Gasteiger partial charge in [0, 0.05) is 18.3 Å². The number of ether oxygens (including phenoxy) is 1. The van der Waals surface area contributed by atoms with Crippen molar-refractivity contribution in [3.05, 3.63) is 29.6 Å². The van der Waals surface area contributed by atoms with Crippen molar-refractivity contribution < 1.29 is 14.3 Å². The van der Waals surface area contributed by atoms with E-state index < -0.39 is 0 Å². The van der Waals surface area contributed by atoms with Crippen LogP contribution in [-0.4, -0.2) is 40.6 Å². The Hall–Kier alpha value is -2.61. The number of cyclic esters (lactones) is 1. The van der Waals surface area contributed by atoms with E-state index in [2.05, 4.69) is 21.6 Å². The van der Waals surface area contributed by atoms with E-state index in [1.165, 1.54) is 6.92 Å². The lowest BCUT2D eigenvalue weighted by molar-refractivity contribution is -0.119. The summed E-state index contributed by atoms with van der Waals surface area (Å²) in [5.41, 5.74) is 4.04. The number of hydrogen-bond donors (Lipinski definition) is 1. The van der Waals surface area contributed by atoms with Gasteiger partial charge < -0.3 is 10.1 Å². The molecule has 0 radical (unpaired) electrons. The number of benzene rings is 1. The number of carbonyl (C=O) groups excluding carboxylic acids is 2. The molecule has 3 aromatic rings. The number of nitrogens with zero attached hydrogens (tertiary/aromatic N) is 3. The van der Waals surface area contributed by atoms with Crippen LogP contribution in [0.15, 0.2) is 18.2 Å². The molecule has 1 fully saturated rings. The van der Waals surface area contributed by atoms with E-state index in [4.69, 9.17) is 4.74 Å². The molecule has 2 amide bonds. The van der Waals surface area contributed by atoms with Crippen LogP contribution in [0, 0.1) is 13.8 Å². The van der Waals surface area contributed by atoms with Gasteiger partial charge in [-0.3, -0.25) is 14.1 Å². The van der Waals surface area contributed by atoms with E-state index in [9.17, 15) is 9.59 Å². The number of fused-ring (bicyclic) bond motifs is 3. The normalized spacial score (nSPS) is 17.5. The molecule has 4 rings (SSSR count). The first-order valence-electron chi connectivity index (χ1n) is 8.05. The predicted octanol–water partition coefficient (Wildman–Crippen LogP) is 2.63. The van der Waals surface area contributed by atoms with Crippen molar-refractivity contribution in [2.24, 2.45) is 0 Å². The topological polar surface area (TPSA) is 75.9 Å². The van der Waals surface area contributed by atoms with E-state index >= 15 is 0 Å². The van der Waals surface area contributed by atoms with Crippen LogP contribution in [-0.2, 0) is 9.53 Å². The molecular weight excluding hydrogens is 340 g/mol. The number of aromatic nitrogens is 2. The van der Waals surface area contributed by atoms with Crippen LogP contribution >= 0.6 is 11.3 Å². The highest BCUT2D eigenvalue weighted by atomic mass is 32.1. The van der Waals surface area contributed by atoms with Crippen molar-refractivity contribution in [3.63, 3.8) is 0 Å². The number of hydrogen-bond acceptors (Lipinski definition) is 5. The number of amides is 2. The number of nitrogens with one attached hydrogen (secondary N) is 1. The van der Waals surface area contributed by atoms with E-state index in [0.717, 1.165) is 32.3 Å². The molecule has 1 aliphatic heterocycles. The van der Waals surface area contributed by atoms with Crippen LogP contribution < -0.4 is 10.2 Å². The molecule has 130 valence electrons. The lowest BCUT2D eigenvalue weighted by Crippen LogP contribution is -2.33. The van der Waals surface area contributed by atoms with Crippen LogP contribution in [0.4, 0.5) is 10.5 Å². The third kappa shape index (κ3) is 2.62. The minimum atomic E-state index is -0.386. The Balaban J connectivity index is 1.64. The molecule has 0 saturated carbocycles. The largest absolute Gasteiger partial charge is 0.442 e. The van der Waals surface area contributed by atoms with Crippen molar-refractivity contribution >= 4 is 44.2 Å². The summed E-state index contributed by atoms with van der Waals surface area (Å²) < 4.78 is 8.54. The molecule has 0 unspecified atom stereocenters. The van der Waals surface area contributed by atoms with Gasteiger partial charge in [0.2, 0.25) is 5.91 Å². The molecule has 1 atom stereocenters. The number of carbonyl (C=O) groups is 2. The molecule has 1 N–H and O–H groups in total. The van der Waals surface area contributed by atoms with Gasteiger partial charge >= 0.3 is 6.09 Å². The highest BCUT2D eigenvalue weighted by molar-refractivity contribution is 7.23. The minimum absolute atomic E-state index is 0.136. The average Bonchev–Trinajstić information content (AvgIpc) is 3.18. The SMILES string of the molecule is CC(=O)NC[C@H]1CN(c2ccc3c(c2)sc2nc(C)c(C)n23)C(=O)O1. The van der Waals surface area contributed by atoms with Crippen LogP contribution in [0.5, 0.6) is 0 Å². The monoisotopic (exact) mass is 358 g/mol. The second kappa shape index (κ2) is 5.73. The van der Waals surface area contributed by atoms with Crippen LogP contribution in [0.25, 0.3) is 15.2 Å². The van der Waals surface area contributed by atoms with E-state index in [-0.39, 0.29) is 18.1 Å². The fourth-order valence-electron chi connectivity index (χ4n) is 3.06. The third-order valence-electron chi connectivity index (χ3n) is 4.46. The molecule has 8 heteroatoms. The molecule has 1 aliphatic rings. The van der Waals surface area contributed by atoms with Crippen molar-refractivity contribution in [1.82, 2.24) is 14.7 Å². The Bertz CT molecular complexity index is 1010. The molecule has 3 heterocycles. The molecule has 1 saturated heterocycles. The lowest BCUT2D eigenvalue weighted by atomic mass is 10.2. The molecule has 2 aromatic heterocycles. The lowest BCUT2D eigenvalue weighted by Gasteiger charge is -2.13. The molecule has 0 bridgehead atoms. The molecule has 1 aromatic carbocycles. The number of anilines is 1. The first-order valence-corrected chi connectivity index (χ1v) is 8.86. The van der Waals surface area contributed by atoms with Gasteiger partial charge in [-0.05, 0) is 32.0 Å². The second-order valence-electron chi connectivity index (χ2n) is 6.21. The zero-order chi connectivity index (χ0) is 17.7. The Kier molecular flexibility index (Phi) is 3.64. The van der Waals surface area contributed by atoms with Gasteiger partial charge in [0.15, 0.2) is 4.96 Å². The summed E-state index contributed by atoms with van der Waals surface area (Å²) >= 11 is 1.60. The van der Waals surface area contributed by atoms with Crippen molar-refractivity contribution in [2.75, 3.05) is 18.0 Å². The maximum Gasteiger partial charge on any atom is 0.414 e. The third-order valence-corrected chi connectivity index (χ3v) is 5.47. The smallest absolute Gasteiger partial charge is 0.414 e. The van der Waals surface area contributed by atoms with Gasteiger partial charge in [-0.15, -0.1) is 0 Å². The summed E-state index contributed by atoms with van der Waals surface area (Å²) in [5, 5.41) is 2.68. The summed E-state index contributed by atoms with van der Waals surface area (Å²) in [4.78, 5) is 30.3. The Morgan fingerprint density at radius 3 is 3.00 bits per heavy atom. The van der Waals surface area contributed by atoms with E-state index in [1.54, 1.807) is 16.2 Å². The van der Waals surface area contributed by atoms with E-state index in [0.29, 0.717) is 13.1 Å². The minimum Gasteiger partial charge on any atom is -0.442 e. The van der Waals surface area contributed by atoms with Gasteiger partial charge in [0.1, 0.15) is 6.10 Å². The van der Waals surface area contributed by atoms with Crippen LogP contribution in [0.1, 0.15) is 18.3 Å². The van der Waals surface area contributed by atoms with Gasteiger partial charge in [-0.25, -0.2) is 9.78 Å². The Labute approximate surface area is 148 Å². The summed E-state index contributed by atoms with van der Waals surface area (Å²) in [5.74, 6) is -0.136. The second-order valence-corrected chi connectivity index (χ2v) is 7.22. The fourth-order valence-corrected chi connectivity index (χ4v) is 4.21. The highest BCUT2D eigenvalue weighted by Gasteiger charge is 2.32. The van der Waals surface area contributed by atoms with Gasteiger partial charge in [0.05, 0.1) is 29.0 Å². The van der Waals surface area contributed by atoms with Crippen molar-refractivity contribution in [3.8, 4) is 0 Å².